The lowest BCUT2D eigenvalue weighted by Gasteiger charge is -2.12. The molecule has 0 radical (unpaired) electrons. The molecule has 1 aliphatic rings. The normalized spacial score (nSPS) is 15.2. The quantitative estimate of drug-likeness (QED) is 0.935. The van der Waals surface area contributed by atoms with Gasteiger partial charge in [0.25, 0.3) is 5.91 Å². The van der Waals surface area contributed by atoms with Crippen molar-refractivity contribution in [2.24, 2.45) is 0 Å². The fourth-order valence-corrected chi connectivity index (χ4v) is 2.82. The Morgan fingerprint density at radius 1 is 1.18 bits per heavy atom. The summed E-state index contributed by atoms with van der Waals surface area (Å²) in [4.78, 5) is 14.7. The second-order valence-electron chi connectivity index (χ2n) is 5.95. The number of furan rings is 1. The second kappa shape index (κ2) is 6.36. The maximum Gasteiger partial charge on any atom is 0.291 e. The van der Waals surface area contributed by atoms with E-state index in [4.69, 9.17) is 4.42 Å². The number of aryl methyl sites for hydroxylation is 1. The van der Waals surface area contributed by atoms with Crippen molar-refractivity contribution >= 4 is 11.6 Å². The molecule has 0 unspecified atom stereocenters. The number of benzene rings is 1. The van der Waals surface area contributed by atoms with E-state index in [1.54, 1.807) is 6.07 Å². The summed E-state index contributed by atoms with van der Waals surface area (Å²) in [5, 5.41) is 2.93. The van der Waals surface area contributed by atoms with E-state index in [1.807, 2.05) is 38.1 Å². The molecule has 22 heavy (non-hydrogen) atoms. The molecule has 4 heteroatoms. The van der Waals surface area contributed by atoms with Gasteiger partial charge in [-0.3, -0.25) is 9.69 Å². The van der Waals surface area contributed by atoms with E-state index >= 15 is 0 Å². The zero-order valence-corrected chi connectivity index (χ0v) is 13.2. The Balaban J connectivity index is 1.67. The van der Waals surface area contributed by atoms with E-state index in [0.717, 1.165) is 42.2 Å². The molecule has 4 nitrogen and oxygen atoms in total. The molecule has 0 aliphatic carbocycles. The van der Waals surface area contributed by atoms with Crippen molar-refractivity contribution in [2.45, 2.75) is 33.2 Å². The van der Waals surface area contributed by atoms with E-state index in [0.29, 0.717) is 5.76 Å². The van der Waals surface area contributed by atoms with Gasteiger partial charge >= 0.3 is 0 Å². The summed E-state index contributed by atoms with van der Waals surface area (Å²) in [6.07, 6.45) is 2.50. The number of rotatable bonds is 4. The average Bonchev–Trinajstić information content (AvgIpc) is 3.16. The van der Waals surface area contributed by atoms with Gasteiger partial charge in [0.05, 0.1) is 6.54 Å². The van der Waals surface area contributed by atoms with Crippen LogP contribution in [0.25, 0.3) is 0 Å². The molecule has 1 aromatic heterocycles. The maximum absolute atomic E-state index is 12.3. The van der Waals surface area contributed by atoms with Gasteiger partial charge in [0.15, 0.2) is 5.76 Å². The van der Waals surface area contributed by atoms with Crippen LogP contribution in [-0.2, 0) is 6.54 Å². The number of nitrogens with one attached hydrogen (secondary N) is 1. The predicted octanol–water partition coefficient (Wildman–Crippen LogP) is 3.74. The van der Waals surface area contributed by atoms with Gasteiger partial charge < -0.3 is 9.73 Å². The van der Waals surface area contributed by atoms with Crippen LogP contribution in [0.5, 0.6) is 0 Å². The number of carbonyl (C=O) groups excluding carboxylic acids is 1. The molecule has 0 spiro atoms. The molecule has 116 valence electrons. The molecule has 1 aromatic carbocycles. The van der Waals surface area contributed by atoms with Gasteiger partial charge in [-0.1, -0.05) is 12.1 Å². The van der Waals surface area contributed by atoms with Crippen LogP contribution in [-0.4, -0.2) is 23.9 Å². The van der Waals surface area contributed by atoms with Gasteiger partial charge in [-0.2, -0.15) is 0 Å². The van der Waals surface area contributed by atoms with E-state index in [2.05, 4.69) is 10.2 Å². The van der Waals surface area contributed by atoms with Gasteiger partial charge in [-0.15, -0.1) is 0 Å². The van der Waals surface area contributed by atoms with Crippen molar-refractivity contribution in [3.63, 3.8) is 0 Å². The molecule has 0 atom stereocenters. The lowest BCUT2D eigenvalue weighted by atomic mass is 10.1. The van der Waals surface area contributed by atoms with E-state index < -0.39 is 0 Å². The largest absolute Gasteiger partial charge is 0.455 e. The van der Waals surface area contributed by atoms with Crippen molar-refractivity contribution in [3.8, 4) is 0 Å². The van der Waals surface area contributed by atoms with Crippen molar-refractivity contribution < 1.29 is 9.21 Å². The summed E-state index contributed by atoms with van der Waals surface area (Å²) in [6.45, 7) is 7.06. The fourth-order valence-electron chi connectivity index (χ4n) is 2.82. The summed E-state index contributed by atoms with van der Waals surface area (Å²) in [6, 6.07) is 9.54. The Morgan fingerprint density at radius 2 is 1.95 bits per heavy atom. The number of amides is 1. The lowest BCUT2D eigenvalue weighted by molar-refractivity contribution is 0.0993. The van der Waals surface area contributed by atoms with Crippen LogP contribution in [0, 0.1) is 13.8 Å². The molecule has 1 saturated heterocycles. The SMILES string of the molecule is Cc1cccc(NC(=O)c2ccc(CN3CCCC3)o2)c1C. The Morgan fingerprint density at radius 3 is 2.73 bits per heavy atom. The number of likely N-dealkylation sites (tertiary alicyclic amines) is 1. The highest BCUT2D eigenvalue weighted by atomic mass is 16.4. The monoisotopic (exact) mass is 298 g/mol. The first-order valence-electron chi connectivity index (χ1n) is 7.82. The highest BCUT2D eigenvalue weighted by Gasteiger charge is 2.16. The smallest absolute Gasteiger partial charge is 0.291 e. The third-order valence-electron chi connectivity index (χ3n) is 4.32. The summed E-state index contributed by atoms with van der Waals surface area (Å²) in [5.41, 5.74) is 3.08. The third kappa shape index (κ3) is 3.22. The number of carbonyl (C=O) groups is 1. The van der Waals surface area contributed by atoms with Crippen LogP contribution < -0.4 is 5.32 Å². The van der Waals surface area contributed by atoms with Gasteiger partial charge in [0.2, 0.25) is 0 Å². The lowest BCUT2D eigenvalue weighted by Crippen LogP contribution is -2.18. The van der Waals surface area contributed by atoms with Crippen molar-refractivity contribution in [3.05, 3.63) is 53.0 Å². The molecular weight excluding hydrogens is 276 g/mol. The summed E-state index contributed by atoms with van der Waals surface area (Å²) in [7, 11) is 0. The predicted molar refractivity (Wildman–Crippen MR) is 87.1 cm³/mol. The highest BCUT2D eigenvalue weighted by molar-refractivity contribution is 6.02. The van der Waals surface area contributed by atoms with Crippen molar-refractivity contribution in [2.75, 3.05) is 18.4 Å². The van der Waals surface area contributed by atoms with Crippen LogP contribution in [0.2, 0.25) is 0 Å². The molecule has 0 bridgehead atoms. The number of hydrogen-bond acceptors (Lipinski definition) is 3. The highest BCUT2D eigenvalue weighted by Crippen LogP contribution is 2.20. The molecule has 3 rings (SSSR count). The van der Waals surface area contributed by atoms with Crippen molar-refractivity contribution in [1.82, 2.24) is 4.90 Å². The van der Waals surface area contributed by atoms with Crippen LogP contribution in [0.4, 0.5) is 5.69 Å². The first-order valence-corrected chi connectivity index (χ1v) is 7.82. The van der Waals surface area contributed by atoms with E-state index in [9.17, 15) is 4.79 Å². The standard InChI is InChI=1S/C18H22N2O2/c1-13-6-5-7-16(14(13)2)19-18(21)17-9-8-15(22-17)12-20-10-3-4-11-20/h5-9H,3-4,10-12H2,1-2H3,(H,19,21). The number of hydrogen-bond donors (Lipinski definition) is 1. The molecular formula is C18H22N2O2. The molecule has 1 fully saturated rings. The zero-order chi connectivity index (χ0) is 15.5. The summed E-state index contributed by atoms with van der Waals surface area (Å²) in [5.74, 6) is 1.03. The average molecular weight is 298 g/mol. The van der Waals surface area contributed by atoms with Gasteiger partial charge in [-0.05, 0) is 69.1 Å². The van der Waals surface area contributed by atoms with Crippen molar-refractivity contribution in [1.29, 1.82) is 0 Å². The molecule has 1 amide bonds. The topological polar surface area (TPSA) is 45.5 Å². The first kappa shape index (κ1) is 14.9. The van der Waals surface area contributed by atoms with E-state index in [-0.39, 0.29) is 5.91 Å². The molecule has 1 N–H and O–H groups in total. The van der Waals surface area contributed by atoms with Crippen LogP contribution >= 0.6 is 0 Å². The minimum atomic E-state index is -0.193. The van der Waals surface area contributed by atoms with Gasteiger partial charge in [-0.25, -0.2) is 0 Å². The zero-order valence-electron chi connectivity index (χ0n) is 13.2. The van der Waals surface area contributed by atoms with Crippen LogP contribution in [0.15, 0.2) is 34.7 Å². The Hall–Kier alpha value is -2.07. The molecule has 0 saturated carbocycles. The number of anilines is 1. The summed E-state index contributed by atoms with van der Waals surface area (Å²) >= 11 is 0. The fraction of sp³-hybridized carbons (Fsp3) is 0.389. The van der Waals surface area contributed by atoms with E-state index in [1.165, 1.54) is 12.8 Å². The van der Waals surface area contributed by atoms with Crippen LogP contribution in [0.1, 0.15) is 40.3 Å². The summed E-state index contributed by atoms with van der Waals surface area (Å²) < 4.78 is 5.70. The van der Waals surface area contributed by atoms with Gasteiger partial charge in [0.1, 0.15) is 5.76 Å². The third-order valence-corrected chi connectivity index (χ3v) is 4.32. The Kier molecular flexibility index (Phi) is 4.29. The Bertz CT molecular complexity index is 669. The minimum Gasteiger partial charge on any atom is -0.455 e. The maximum atomic E-state index is 12.3. The van der Waals surface area contributed by atoms with Crippen LogP contribution in [0.3, 0.4) is 0 Å². The second-order valence-corrected chi connectivity index (χ2v) is 5.95. The van der Waals surface area contributed by atoms with Gasteiger partial charge in [0, 0.05) is 5.69 Å². The number of nitrogens with zero attached hydrogens (tertiary/aromatic N) is 1. The first-order chi connectivity index (χ1) is 10.6. The Labute approximate surface area is 131 Å². The minimum absolute atomic E-state index is 0.193. The molecule has 2 heterocycles. The molecule has 2 aromatic rings. The molecule has 1 aliphatic heterocycles.